The normalized spacial score (nSPS) is 19.3. The van der Waals surface area contributed by atoms with E-state index in [4.69, 9.17) is 15.3 Å². The number of primary amides is 1. The number of nitrogens with zero attached hydrogens (tertiary/aromatic N) is 1. The molecule has 0 saturated carbocycles. The van der Waals surface area contributed by atoms with Gasteiger partial charge in [-0.05, 0) is 32.2 Å². The van der Waals surface area contributed by atoms with Gasteiger partial charge < -0.3 is 10.5 Å². The maximum absolute atomic E-state index is 12.9. The molecule has 1 aromatic carbocycles. The van der Waals surface area contributed by atoms with Crippen molar-refractivity contribution in [3.05, 3.63) is 47.4 Å². The predicted octanol–water partition coefficient (Wildman–Crippen LogP) is 3.43. The van der Waals surface area contributed by atoms with Gasteiger partial charge >= 0.3 is 6.09 Å². The van der Waals surface area contributed by atoms with Crippen LogP contribution < -0.4 is 11.2 Å². The van der Waals surface area contributed by atoms with Crippen LogP contribution in [-0.4, -0.2) is 35.7 Å². The SMILES string of the molecule is C=CCONC1CN(C(=O)OC(C)(C)C)C(C(N)=O)c2c1sc1ccccc21. The largest absolute Gasteiger partial charge is 0.444 e. The number of nitrogens with one attached hydrogen (secondary N) is 1. The predicted molar refractivity (Wildman–Crippen MR) is 109 cm³/mol. The molecule has 8 heteroatoms. The van der Waals surface area contributed by atoms with E-state index in [2.05, 4.69) is 12.1 Å². The Kier molecular flexibility index (Phi) is 5.74. The number of rotatable bonds is 5. The average molecular weight is 404 g/mol. The van der Waals surface area contributed by atoms with E-state index in [1.54, 1.807) is 38.2 Å². The van der Waals surface area contributed by atoms with Gasteiger partial charge in [0.15, 0.2) is 0 Å². The van der Waals surface area contributed by atoms with Crippen molar-refractivity contribution in [2.45, 2.75) is 38.5 Å². The first-order chi connectivity index (χ1) is 13.2. The van der Waals surface area contributed by atoms with Crippen molar-refractivity contribution in [2.75, 3.05) is 13.2 Å². The Bertz CT molecular complexity index is 902. The van der Waals surface area contributed by atoms with E-state index < -0.39 is 23.6 Å². The number of hydrogen-bond donors (Lipinski definition) is 2. The zero-order chi connectivity index (χ0) is 20.5. The molecule has 0 saturated heterocycles. The number of carbonyl (C=O) groups is 2. The molecule has 2 heterocycles. The van der Waals surface area contributed by atoms with Gasteiger partial charge in [0.1, 0.15) is 11.6 Å². The van der Waals surface area contributed by atoms with E-state index in [-0.39, 0.29) is 12.6 Å². The Balaban J connectivity index is 2.09. The lowest BCUT2D eigenvalue weighted by Crippen LogP contribution is -2.50. The molecule has 0 bridgehead atoms. The minimum absolute atomic E-state index is 0.194. The summed E-state index contributed by atoms with van der Waals surface area (Å²) in [6.07, 6.45) is 1.03. The summed E-state index contributed by atoms with van der Waals surface area (Å²) in [6.45, 7) is 9.48. The fourth-order valence-corrected chi connectivity index (χ4v) is 4.53. The number of nitrogens with two attached hydrogens (primary N) is 1. The monoisotopic (exact) mass is 403 g/mol. The zero-order valence-electron chi connectivity index (χ0n) is 16.2. The van der Waals surface area contributed by atoms with Gasteiger partial charge in [0.25, 0.3) is 0 Å². The van der Waals surface area contributed by atoms with E-state index >= 15 is 0 Å². The molecule has 0 radical (unpaired) electrons. The third kappa shape index (κ3) is 4.04. The van der Waals surface area contributed by atoms with Crippen molar-refractivity contribution in [2.24, 2.45) is 5.73 Å². The van der Waals surface area contributed by atoms with Crippen LogP contribution in [0.2, 0.25) is 0 Å². The second kappa shape index (κ2) is 7.90. The number of amides is 2. The van der Waals surface area contributed by atoms with E-state index in [1.807, 2.05) is 24.3 Å². The number of thiophene rings is 1. The van der Waals surface area contributed by atoms with Crippen molar-refractivity contribution in [1.29, 1.82) is 0 Å². The Morgan fingerprint density at radius 2 is 2.11 bits per heavy atom. The molecule has 3 N–H and O–H groups in total. The molecule has 2 aromatic rings. The third-order valence-corrected chi connectivity index (χ3v) is 5.57. The van der Waals surface area contributed by atoms with Crippen LogP contribution in [0, 0.1) is 0 Å². The number of benzene rings is 1. The van der Waals surface area contributed by atoms with Gasteiger partial charge in [-0.1, -0.05) is 24.3 Å². The number of ether oxygens (including phenoxy) is 1. The first-order valence-electron chi connectivity index (χ1n) is 9.01. The summed E-state index contributed by atoms with van der Waals surface area (Å²) in [6, 6.07) is 6.52. The highest BCUT2D eigenvalue weighted by Crippen LogP contribution is 2.45. The third-order valence-electron chi connectivity index (χ3n) is 4.27. The summed E-state index contributed by atoms with van der Waals surface area (Å²) >= 11 is 1.56. The second-order valence-electron chi connectivity index (χ2n) is 7.58. The molecule has 1 aliphatic rings. The lowest BCUT2D eigenvalue weighted by molar-refractivity contribution is -0.124. The average Bonchev–Trinajstić information content (AvgIpc) is 2.99. The summed E-state index contributed by atoms with van der Waals surface area (Å²) in [5, 5.41) is 0.898. The van der Waals surface area contributed by atoms with Crippen LogP contribution in [0.4, 0.5) is 4.79 Å². The van der Waals surface area contributed by atoms with Crippen molar-refractivity contribution in [3.63, 3.8) is 0 Å². The number of fused-ring (bicyclic) bond motifs is 3. The Morgan fingerprint density at radius 1 is 1.39 bits per heavy atom. The topological polar surface area (TPSA) is 93.9 Å². The van der Waals surface area contributed by atoms with Crippen molar-refractivity contribution in [1.82, 2.24) is 10.4 Å². The Labute approximate surface area is 168 Å². The van der Waals surface area contributed by atoms with Crippen molar-refractivity contribution < 1.29 is 19.2 Å². The molecular formula is C20H25N3O4S. The van der Waals surface area contributed by atoms with Crippen molar-refractivity contribution >= 4 is 33.4 Å². The number of carbonyl (C=O) groups excluding carboxylic acids is 2. The summed E-state index contributed by atoms with van der Waals surface area (Å²) in [5.74, 6) is -0.596. The van der Waals surface area contributed by atoms with Gasteiger partial charge in [-0.25, -0.2) is 4.79 Å². The second-order valence-corrected chi connectivity index (χ2v) is 8.67. The molecule has 1 aromatic heterocycles. The van der Waals surface area contributed by atoms with Gasteiger partial charge in [-0.3, -0.25) is 14.5 Å². The molecular weight excluding hydrogens is 378 g/mol. The van der Waals surface area contributed by atoms with E-state index in [0.717, 1.165) is 20.5 Å². The van der Waals surface area contributed by atoms with Gasteiger partial charge in [-0.15, -0.1) is 17.9 Å². The maximum Gasteiger partial charge on any atom is 0.411 e. The van der Waals surface area contributed by atoms with E-state index in [9.17, 15) is 9.59 Å². The van der Waals surface area contributed by atoms with Gasteiger partial charge in [0, 0.05) is 21.7 Å². The van der Waals surface area contributed by atoms with Crippen LogP contribution >= 0.6 is 11.3 Å². The number of hydrogen-bond acceptors (Lipinski definition) is 6. The molecule has 28 heavy (non-hydrogen) atoms. The highest BCUT2D eigenvalue weighted by atomic mass is 32.1. The Hall–Kier alpha value is -2.42. The van der Waals surface area contributed by atoms with Crippen LogP contribution in [0.3, 0.4) is 0 Å². The highest BCUT2D eigenvalue weighted by molar-refractivity contribution is 7.19. The molecule has 7 nitrogen and oxygen atoms in total. The minimum Gasteiger partial charge on any atom is -0.444 e. The Morgan fingerprint density at radius 3 is 2.75 bits per heavy atom. The van der Waals surface area contributed by atoms with Gasteiger partial charge in [-0.2, -0.15) is 5.48 Å². The summed E-state index contributed by atoms with van der Waals surface area (Å²) in [4.78, 5) is 33.1. The van der Waals surface area contributed by atoms with Crippen LogP contribution in [0.15, 0.2) is 36.9 Å². The molecule has 0 aliphatic carbocycles. The fraction of sp³-hybridized carbons (Fsp3) is 0.400. The lowest BCUT2D eigenvalue weighted by atomic mass is 9.94. The van der Waals surface area contributed by atoms with Crippen molar-refractivity contribution in [3.8, 4) is 0 Å². The van der Waals surface area contributed by atoms with Crippen LogP contribution in [0.5, 0.6) is 0 Å². The highest BCUT2D eigenvalue weighted by Gasteiger charge is 2.43. The molecule has 2 amide bonds. The standard InChI is InChI=1S/C20H25N3O4S/c1-5-10-26-22-13-11-23(19(25)27-20(2,3)4)16(18(21)24)15-12-8-6-7-9-14(12)28-17(13)15/h5-9,13,16,22H,1,10-11H2,2-4H3,(H2,21,24). The van der Waals surface area contributed by atoms with E-state index in [1.165, 1.54) is 4.90 Å². The van der Waals surface area contributed by atoms with E-state index in [0.29, 0.717) is 6.61 Å². The number of hydroxylamine groups is 1. The molecule has 2 atom stereocenters. The van der Waals surface area contributed by atoms with Gasteiger partial charge in [0.05, 0.1) is 12.6 Å². The first-order valence-corrected chi connectivity index (χ1v) is 9.83. The quantitative estimate of drug-likeness (QED) is 0.453. The fourth-order valence-electron chi connectivity index (χ4n) is 3.26. The first kappa shape index (κ1) is 20.3. The minimum atomic E-state index is -0.904. The van der Waals surface area contributed by atoms with Crippen LogP contribution in [0.1, 0.15) is 43.3 Å². The smallest absolute Gasteiger partial charge is 0.411 e. The summed E-state index contributed by atoms with van der Waals surface area (Å²) in [5.41, 5.74) is 8.76. The molecule has 2 unspecified atom stereocenters. The summed E-state index contributed by atoms with van der Waals surface area (Å²) < 4.78 is 6.55. The molecule has 0 fully saturated rings. The maximum atomic E-state index is 12.9. The van der Waals surface area contributed by atoms with Crippen LogP contribution in [0.25, 0.3) is 10.1 Å². The molecule has 0 spiro atoms. The summed E-state index contributed by atoms with van der Waals surface area (Å²) in [7, 11) is 0. The van der Waals surface area contributed by atoms with Gasteiger partial charge in [0.2, 0.25) is 5.91 Å². The van der Waals surface area contributed by atoms with Crippen LogP contribution in [-0.2, 0) is 14.4 Å². The lowest BCUT2D eigenvalue weighted by Gasteiger charge is -2.38. The molecule has 3 rings (SSSR count). The molecule has 1 aliphatic heterocycles. The zero-order valence-corrected chi connectivity index (χ0v) is 17.0. The molecule has 150 valence electrons.